The van der Waals surface area contributed by atoms with Crippen LogP contribution < -0.4 is 10.5 Å². The van der Waals surface area contributed by atoms with Crippen LogP contribution in [0.2, 0.25) is 5.02 Å². The lowest BCUT2D eigenvalue weighted by molar-refractivity contribution is 0.304. The second-order valence-corrected chi connectivity index (χ2v) is 4.98. The van der Waals surface area contributed by atoms with Gasteiger partial charge in [0.2, 0.25) is 0 Å². The Bertz CT molecular complexity index is 577. The molecule has 0 aliphatic carbocycles. The molecule has 2 aromatic carbocycles. The molecule has 0 bridgehead atoms. The SMILES string of the molecule is Nc1ccc(COc2ccc(Br)c(F)c2)c(Cl)c1. The van der Waals surface area contributed by atoms with Crippen molar-refractivity contribution >= 4 is 33.2 Å². The van der Waals surface area contributed by atoms with E-state index < -0.39 is 0 Å². The quantitative estimate of drug-likeness (QED) is 0.846. The van der Waals surface area contributed by atoms with Gasteiger partial charge >= 0.3 is 0 Å². The molecule has 0 fully saturated rings. The van der Waals surface area contributed by atoms with Crippen molar-refractivity contribution in [1.29, 1.82) is 0 Å². The number of halogens is 3. The molecule has 0 aliphatic rings. The van der Waals surface area contributed by atoms with Crippen molar-refractivity contribution in [2.75, 3.05) is 5.73 Å². The van der Waals surface area contributed by atoms with Gasteiger partial charge in [0, 0.05) is 22.3 Å². The summed E-state index contributed by atoms with van der Waals surface area (Å²) in [5.41, 5.74) is 6.99. The Hall–Kier alpha value is -1.26. The highest BCUT2D eigenvalue weighted by molar-refractivity contribution is 9.10. The molecule has 2 rings (SSSR count). The summed E-state index contributed by atoms with van der Waals surface area (Å²) in [6.45, 7) is 0.264. The largest absolute Gasteiger partial charge is 0.489 e. The van der Waals surface area contributed by atoms with E-state index in [2.05, 4.69) is 15.9 Å². The first kappa shape index (κ1) is 13.2. The zero-order valence-electron chi connectivity index (χ0n) is 9.29. The van der Waals surface area contributed by atoms with Gasteiger partial charge in [-0.1, -0.05) is 17.7 Å². The summed E-state index contributed by atoms with van der Waals surface area (Å²) in [4.78, 5) is 0. The second-order valence-electron chi connectivity index (χ2n) is 3.72. The van der Waals surface area contributed by atoms with Gasteiger partial charge in [-0.15, -0.1) is 0 Å². The lowest BCUT2D eigenvalue weighted by Crippen LogP contribution is -1.97. The molecule has 0 radical (unpaired) electrons. The number of nitrogens with two attached hydrogens (primary N) is 1. The molecule has 5 heteroatoms. The molecule has 2 N–H and O–H groups in total. The number of ether oxygens (including phenoxy) is 1. The number of hydrogen-bond acceptors (Lipinski definition) is 2. The Labute approximate surface area is 118 Å². The molecule has 0 saturated heterocycles. The molecule has 0 spiro atoms. The highest BCUT2D eigenvalue weighted by Gasteiger charge is 2.04. The minimum absolute atomic E-state index is 0.264. The minimum atomic E-state index is -0.365. The first-order chi connectivity index (χ1) is 8.56. The molecule has 0 unspecified atom stereocenters. The van der Waals surface area contributed by atoms with Crippen LogP contribution in [0.5, 0.6) is 5.75 Å². The smallest absolute Gasteiger partial charge is 0.141 e. The normalized spacial score (nSPS) is 10.4. The van der Waals surface area contributed by atoms with Gasteiger partial charge in [0.1, 0.15) is 18.2 Å². The molecule has 0 saturated carbocycles. The van der Waals surface area contributed by atoms with E-state index in [4.69, 9.17) is 22.1 Å². The number of hydrogen-bond donors (Lipinski definition) is 1. The zero-order valence-corrected chi connectivity index (χ0v) is 11.6. The predicted octanol–water partition coefficient (Wildman–Crippen LogP) is 4.40. The Balaban J connectivity index is 2.09. The maximum Gasteiger partial charge on any atom is 0.141 e. The molecule has 0 heterocycles. The Morgan fingerprint density at radius 3 is 2.67 bits per heavy atom. The van der Waals surface area contributed by atoms with E-state index in [-0.39, 0.29) is 12.4 Å². The van der Waals surface area contributed by atoms with Gasteiger partial charge in [-0.05, 0) is 40.2 Å². The third kappa shape index (κ3) is 3.15. The van der Waals surface area contributed by atoms with E-state index in [1.807, 2.05) is 0 Å². The zero-order chi connectivity index (χ0) is 13.1. The molecule has 0 atom stereocenters. The van der Waals surface area contributed by atoms with Crippen LogP contribution in [0.4, 0.5) is 10.1 Å². The van der Waals surface area contributed by atoms with Crippen LogP contribution in [-0.4, -0.2) is 0 Å². The van der Waals surface area contributed by atoms with Crippen LogP contribution in [0.25, 0.3) is 0 Å². The number of rotatable bonds is 3. The van der Waals surface area contributed by atoms with E-state index in [0.29, 0.717) is 20.9 Å². The highest BCUT2D eigenvalue weighted by Crippen LogP contribution is 2.24. The minimum Gasteiger partial charge on any atom is -0.489 e. The molecule has 2 aromatic rings. The fourth-order valence-electron chi connectivity index (χ4n) is 1.41. The molecule has 0 amide bonds. The van der Waals surface area contributed by atoms with E-state index in [0.717, 1.165) is 5.56 Å². The van der Waals surface area contributed by atoms with Gasteiger partial charge in [-0.2, -0.15) is 0 Å². The summed E-state index contributed by atoms with van der Waals surface area (Å²) >= 11 is 9.09. The number of anilines is 1. The second kappa shape index (κ2) is 5.59. The summed E-state index contributed by atoms with van der Waals surface area (Å²) < 4.78 is 19.1. The summed E-state index contributed by atoms with van der Waals surface area (Å²) in [5.74, 6) is 0.0829. The molecule has 0 aliphatic heterocycles. The summed E-state index contributed by atoms with van der Waals surface area (Å²) in [7, 11) is 0. The highest BCUT2D eigenvalue weighted by atomic mass is 79.9. The van der Waals surface area contributed by atoms with Crippen LogP contribution in [0.15, 0.2) is 40.9 Å². The third-order valence-electron chi connectivity index (χ3n) is 2.36. The lowest BCUT2D eigenvalue weighted by atomic mass is 10.2. The van der Waals surface area contributed by atoms with Gasteiger partial charge in [-0.25, -0.2) is 4.39 Å². The maximum atomic E-state index is 13.3. The van der Waals surface area contributed by atoms with Gasteiger partial charge in [0.25, 0.3) is 0 Å². The van der Waals surface area contributed by atoms with Crippen LogP contribution in [-0.2, 0) is 6.61 Å². The molecular weight excluding hydrogens is 321 g/mol. The van der Waals surface area contributed by atoms with E-state index in [1.165, 1.54) is 6.07 Å². The van der Waals surface area contributed by atoms with E-state index in [9.17, 15) is 4.39 Å². The average Bonchev–Trinajstić information content (AvgIpc) is 2.32. The molecular formula is C13H10BrClFNO. The summed E-state index contributed by atoms with van der Waals surface area (Å²) in [6.07, 6.45) is 0. The van der Waals surface area contributed by atoms with Gasteiger partial charge in [-0.3, -0.25) is 0 Å². The number of benzene rings is 2. The number of nitrogen functional groups attached to an aromatic ring is 1. The van der Waals surface area contributed by atoms with Gasteiger partial charge in [0.05, 0.1) is 4.47 Å². The van der Waals surface area contributed by atoms with Crippen molar-refractivity contribution in [3.05, 3.63) is 57.3 Å². The lowest BCUT2D eigenvalue weighted by Gasteiger charge is -2.08. The van der Waals surface area contributed by atoms with Crippen molar-refractivity contribution in [1.82, 2.24) is 0 Å². The molecule has 18 heavy (non-hydrogen) atoms. The van der Waals surface area contributed by atoms with Crippen LogP contribution in [0, 0.1) is 5.82 Å². The first-order valence-electron chi connectivity index (χ1n) is 5.18. The van der Waals surface area contributed by atoms with Crippen LogP contribution in [0.3, 0.4) is 0 Å². The van der Waals surface area contributed by atoms with Crippen molar-refractivity contribution in [2.24, 2.45) is 0 Å². The van der Waals surface area contributed by atoms with Crippen molar-refractivity contribution in [3.63, 3.8) is 0 Å². The van der Waals surface area contributed by atoms with Crippen molar-refractivity contribution in [2.45, 2.75) is 6.61 Å². The molecule has 2 nitrogen and oxygen atoms in total. The standard InChI is InChI=1S/C13H10BrClFNO/c14-11-4-3-10(6-13(11)16)18-7-8-1-2-9(17)5-12(8)15/h1-6H,7,17H2. The Morgan fingerprint density at radius 2 is 2.00 bits per heavy atom. The topological polar surface area (TPSA) is 35.2 Å². The van der Waals surface area contributed by atoms with Gasteiger partial charge in [0.15, 0.2) is 0 Å². The maximum absolute atomic E-state index is 13.3. The Morgan fingerprint density at radius 1 is 1.22 bits per heavy atom. The first-order valence-corrected chi connectivity index (χ1v) is 6.35. The van der Waals surface area contributed by atoms with Crippen LogP contribution in [0.1, 0.15) is 5.56 Å². The molecule has 94 valence electrons. The van der Waals surface area contributed by atoms with Gasteiger partial charge < -0.3 is 10.5 Å². The summed E-state index contributed by atoms with van der Waals surface area (Å²) in [6, 6.07) is 9.77. The molecule has 0 aromatic heterocycles. The van der Waals surface area contributed by atoms with Crippen molar-refractivity contribution < 1.29 is 9.13 Å². The van der Waals surface area contributed by atoms with Crippen molar-refractivity contribution in [3.8, 4) is 5.75 Å². The van der Waals surface area contributed by atoms with E-state index >= 15 is 0 Å². The predicted molar refractivity (Wildman–Crippen MR) is 74.3 cm³/mol. The summed E-state index contributed by atoms with van der Waals surface area (Å²) in [5, 5.41) is 0.535. The van der Waals surface area contributed by atoms with Crippen LogP contribution >= 0.6 is 27.5 Å². The third-order valence-corrected chi connectivity index (χ3v) is 3.36. The average molecular weight is 331 g/mol. The van der Waals surface area contributed by atoms with E-state index in [1.54, 1.807) is 30.3 Å². The Kier molecular flexibility index (Phi) is 4.09. The monoisotopic (exact) mass is 329 g/mol. The fourth-order valence-corrected chi connectivity index (χ4v) is 1.90. The fraction of sp³-hybridized carbons (Fsp3) is 0.0769.